The first-order chi connectivity index (χ1) is 12.7. The topological polar surface area (TPSA) is 131 Å². The predicted octanol–water partition coefficient (Wildman–Crippen LogP) is 0.0979. The van der Waals surface area contributed by atoms with Crippen LogP contribution >= 0.6 is 27.7 Å². The Bertz CT molecular complexity index is 862. The first-order valence-electron chi connectivity index (χ1n) is 7.74. The van der Waals surface area contributed by atoms with Gasteiger partial charge >= 0.3 is 11.9 Å². The number of esters is 1. The molecule has 10 nitrogen and oxygen atoms in total. The SMILES string of the molecule is CC(=O)OCC1=C(C(=O)O)N2C(=O)[C@H](NC(=O)c3c(Br)cnn3C)[C@@H]2SC1. The van der Waals surface area contributed by atoms with Gasteiger partial charge in [0.05, 0.1) is 10.7 Å². The summed E-state index contributed by atoms with van der Waals surface area (Å²) in [7, 11) is 1.59. The molecule has 0 aliphatic carbocycles. The molecule has 2 atom stereocenters. The van der Waals surface area contributed by atoms with Gasteiger partial charge in [0.2, 0.25) is 0 Å². The highest BCUT2D eigenvalue weighted by Crippen LogP contribution is 2.40. The van der Waals surface area contributed by atoms with Crippen LogP contribution in [0.25, 0.3) is 0 Å². The lowest BCUT2D eigenvalue weighted by molar-refractivity contribution is -0.149. The van der Waals surface area contributed by atoms with Gasteiger partial charge in [-0.3, -0.25) is 24.0 Å². The fourth-order valence-corrected chi connectivity index (χ4v) is 4.71. The molecule has 0 spiro atoms. The second-order valence-corrected chi connectivity index (χ2v) is 7.82. The third-order valence-electron chi connectivity index (χ3n) is 4.10. The summed E-state index contributed by atoms with van der Waals surface area (Å²) in [6.07, 6.45) is 1.46. The second kappa shape index (κ2) is 7.35. The summed E-state index contributed by atoms with van der Waals surface area (Å²) in [6.45, 7) is 1.02. The lowest BCUT2D eigenvalue weighted by Crippen LogP contribution is -2.70. The number of halogens is 1. The third-order valence-corrected chi connectivity index (χ3v) is 6.02. The van der Waals surface area contributed by atoms with Crippen LogP contribution in [0.3, 0.4) is 0 Å². The number of amides is 2. The van der Waals surface area contributed by atoms with Crippen molar-refractivity contribution < 1.29 is 29.0 Å². The van der Waals surface area contributed by atoms with Crippen LogP contribution in [0.2, 0.25) is 0 Å². The van der Waals surface area contributed by atoms with Gasteiger partial charge in [-0.25, -0.2) is 4.79 Å². The molecule has 144 valence electrons. The molecule has 1 fully saturated rings. The predicted molar refractivity (Wildman–Crippen MR) is 96.5 cm³/mol. The monoisotopic (exact) mass is 458 g/mol. The lowest BCUT2D eigenvalue weighted by Gasteiger charge is -2.49. The third kappa shape index (κ3) is 3.46. The van der Waals surface area contributed by atoms with Gasteiger partial charge in [0.1, 0.15) is 29.4 Å². The van der Waals surface area contributed by atoms with Crippen molar-refractivity contribution in [2.45, 2.75) is 18.3 Å². The fraction of sp³-hybridized carbons (Fsp3) is 0.400. The first kappa shape index (κ1) is 19.4. The molecule has 3 heterocycles. The van der Waals surface area contributed by atoms with Crippen LogP contribution in [0.4, 0.5) is 0 Å². The van der Waals surface area contributed by atoms with Gasteiger partial charge in [-0.2, -0.15) is 5.10 Å². The summed E-state index contributed by atoms with van der Waals surface area (Å²) in [5, 5.41) is 15.5. The molecular weight excluding hydrogens is 444 g/mol. The Balaban J connectivity index is 1.78. The number of rotatable bonds is 5. The zero-order chi connectivity index (χ0) is 19.9. The van der Waals surface area contributed by atoms with E-state index in [1.807, 2.05) is 0 Å². The van der Waals surface area contributed by atoms with Crippen LogP contribution < -0.4 is 5.32 Å². The van der Waals surface area contributed by atoms with E-state index in [0.717, 1.165) is 4.90 Å². The Kier molecular flexibility index (Phi) is 5.29. The van der Waals surface area contributed by atoms with Gasteiger partial charge in [0, 0.05) is 25.3 Å². The van der Waals surface area contributed by atoms with Gasteiger partial charge in [-0.1, -0.05) is 0 Å². The average molecular weight is 459 g/mol. The Labute approximate surface area is 166 Å². The summed E-state index contributed by atoms with van der Waals surface area (Å²) in [4.78, 5) is 48.7. The molecule has 2 aliphatic rings. The molecule has 2 aliphatic heterocycles. The minimum Gasteiger partial charge on any atom is -0.477 e. The smallest absolute Gasteiger partial charge is 0.352 e. The number of hydrogen-bond acceptors (Lipinski definition) is 7. The zero-order valence-corrected chi connectivity index (χ0v) is 16.7. The Hall–Kier alpha value is -2.34. The van der Waals surface area contributed by atoms with E-state index in [1.165, 1.54) is 29.6 Å². The van der Waals surface area contributed by atoms with Crippen LogP contribution in [-0.2, 0) is 26.2 Å². The number of hydrogen-bond donors (Lipinski definition) is 2. The summed E-state index contributed by atoms with van der Waals surface area (Å²) >= 11 is 4.52. The molecule has 0 saturated carbocycles. The van der Waals surface area contributed by atoms with E-state index in [-0.39, 0.29) is 23.8 Å². The number of carbonyl (C=O) groups is 4. The molecule has 12 heteroatoms. The highest BCUT2D eigenvalue weighted by atomic mass is 79.9. The molecule has 2 N–H and O–H groups in total. The van der Waals surface area contributed by atoms with E-state index in [0.29, 0.717) is 10.0 Å². The molecule has 1 aromatic rings. The summed E-state index contributed by atoms with van der Waals surface area (Å²) in [5.41, 5.74) is 0.398. The number of aryl methyl sites for hydroxylation is 1. The quantitative estimate of drug-likeness (QED) is 0.468. The van der Waals surface area contributed by atoms with E-state index in [2.05, 4.69) is 26.3 Å². The van der Waals surface area contributed by atoms with E-state index in [9.17, 15) is 24.3 Å². The van der Waals surface area contributed by atoms with Crippen molar-refractivity contribution in [1.29, 1.82) is 0 Å². The normalized spacial score (nSPS) is 21.4. The molecule has 0 radical (unpaired) electrons. The number of fused-ring (bicyclic) bond motifs is 1. The molecule has 0 unspecified atom stereocenters. The maximum Gasteiger partial charge on any atom is 0.352 e. The van der Waals surface area contributed by atoms with Crippen LogP contribution in [0, 0.1) is 0 Å². The standard InChI is InChI=1S/C15H15BrN4O6S/c1-6(21)26-4-7-5-27-14-9(13(23)20(14)10(7)15(24)25)18-12(22)11-8(16)3-17-19(11)2/h3,9,14H,4-5H2,1-2H3,(H,18,22)(H,24,25)/t9-,14-/m0/s1. The number of carboxylic acids is 1. The number of carbonyl (C=O) groups excluding carboxylic acids is 3. The van der Waals surface area contributed by atoms with E-state index < -0.39 is 35.2 Å². The Morgan fingerprint density at radius 2 is 2.19 bits per heavy atom. The number of nitrogens with one attached hydrogen (secondary N) is 1. The zero-order valence-electron chi connectivity index (χ0n) is 14.3. The van der Waals surface area contributed by atoms with Crippen molar-refractivity contribution >= 4 is 51.4 Å². The van der Waals surface area contributed by atoms with Crippen LogP contribution in [0.15, 0.2) is 21.9 Å². The fourth-order valence-electron chi connectivity index (χ4n) is 2.86. The van der Waals surface area contributed by atoms with Gasteiger partial charge in [0.15, 0.2) is 0 Å². The molecular formula is C15H15BrN4O6S. The second-order valence-electron chi connectivity index (χ2n) is 5.86. The summed E-state index contributed by atoms with van der Waals surface area (Å²) < 4.78 is 6.73. The minimum atomic E-state index is -1.28. The van der Waals surface area contributed by atoms with Crippen molar-refractivity contribution in [1.82, 2.24) is 20.0 Å². The van der Waals surface area contributed by atoms with E-state index >= 15 is 0 Å². The summed E-state index contributed by atoms with van der Waals surface area (Å²) in [5.74, 6) is -2.58. The van der Waals surface area contributed by atoms with Crippen LogP contribution in [0.5, 0.6) is 0 Å². The largest absolute Gasteiger partial charge is 0.477 e. The molecule has 3 rings (SSSR count). The van der Waals surface area contributed by atoms with Crippen molar-refractivity contribution in [3.63, 3.8) is 0 Å². The molecule has 27 heavy (non-hydrogen) atoms. The molecule has 0 bridgehead atoms. The van der Waals surface area contributed by atoms with E-state index in [4.69, 9.17) is 4.74 Å². The minimum absolute atomic E-state index is 0.195. The Morgan fingerprint density at radius 3 is 2.74 bits per heavy atom. The highest BCUT2D eigenvalue weighted by Gasteiger charge is 2.54. The number of aromatic nitrogens is 2. The molecule has 0 aromatic carbocycles. The van der Waals surface area contributed by atoms with Gasteiger partial charge < -0.3 is 15.2 Å². The molecule has 1 saturated heterocycles. The first-order valence-corrected chi connectivity index (χ1v) is 9.58. The maximum absolute atomic E-state index is 12.5. The van der Waals surface area contributed by atoms with Crippen molar-refractivity contribution in [3.8, 4) is 0 Å². The number of thioether (sulfide) groups is 1. The van der Waals surface area contributed by atoms with Crippen molar-refractivity contribution in [3.05, 3.63) is 27.6 Å². The number of aliphatic carboxylic acids is 1. The number of β-lactam (4-membered cyclic amide) rings is 1. The highest BCUT2D eigenvalue weighted by molar-refractivity contribution is 9.10. The van der Waals surface area contributed by atoms with Crippen molar-refractivity contribution in [2.75, 3.05) is 12.4 Å². The Morgan fingerprint density at radius 1 is 1.48 bits per heavy atom. The van der Waals surface area contributed by atoms with Gasteiger partial charge in [-0.15, -0.1) is 11.8 Å². The average Bonchev–Trinajstić information content (AvgIpc) is 2.94. The summed E-state index contributed by atoms with van der Waals surface area (Å²) in [6, 6.07) is -0.853. The van der Waals surface area contributed by atoms with Gasteiger partial charge in [-0.05, 0) is 15.9 Å². The molecule has 2 amide bonds. The van der Waals surface area contributed by atoms with Crippen molar-refractivity contribution in [2.24, 2.45) is 7.05 Å². The van der Waals surface area contributed by atoms with Gasteiger partial charge in [0.25, 0.3) is 11.8 Å². The van der Waals surface area contributed by atoms with E-state index in [1.54, 1.807) is 7.05 Å². The maximum atomic E-state index is 12.5. The number of carboxylic acid groups (broad SMARTS) is 1. The lowest BCUT2D eigenvalue weighted by atomic mass is 10.0. The number of nitrogens with zero attached hydrogens (tertiary/aromatic N) is 3. The number of ether oxygens (including phenoxy) is 1. The van der Waals surface area contributed by atoms with Crippen LogP contribution in [0.1, 0.15) is 17.4 Å². The van der Waals surface area contributed by atoms with Crippen LogP contribution in [-0.4, -0.2) is 67.3 Å². The molecule has 1 aromatic heterocycles.